The molecule has 0 aliphatic carbocycles. The number of aromatic nitrogens is 4. The van der Waals surface area contributed by atoms with E-state index in [-0.39, 0.29) is 5.56 Å². The van der Waals surface area contributed by atoms with E-state index in [9.17, 15) is 4.39 Å². The van der Waals surface area contributed by atoms with Crippen molar-refractivity contribution < 1.29 is 4.39 Å². The molecule has 0 saturated heterocycles. The third-order valence-electron chi connectivity index (χ3n) is 4.76. The zero-order valence-corrected chi connectivity index (χ0v) is 19.7. The van der Waals surface area contributed by atoms with Crippen LogP contribution in [0.2, 0.25) is 5.02 Å². The van der Waals surface area contributed by atoms with Crippen LogP contribution >= 0.6 is 50.1 Å². The van der Waals surface area contributed by atoms with Crippen LogP contribution in [-0.4, -0.2) is 19.9 Å². The molecule has 0 spiro atoms. The molecular weight excluding hydrogens is 582 g/mol. The van der Waals surface area contributed by atoms with Gasteiger partial charge in [-0.2, -0.15) is 0 Å². The predicted octanol–water partition coefficient (Wildman–Crippen LogP) is 7.45. The van der Waals surface area contributed by atoms with E-state index in [0.717, 1.165) is 31.6 Å². The molecule has 3 aromatic carbocycles. The van der Waals surface area contributed by atoms with Crippen molar-refractivity contribution in [3.63, 3.8) is 0 Å². The third kappa shape index (κ3) is 3.44. The zero-order chi connectivity index (χ0) is 20.8. The van der Waals surface area contributed by atoms with Crippen LogP contribution in [-0.2, 0) is 0 Å². The highest BCUT2D eigenvalue weighted by Crippen LogP contribution is 2.34. The lowest BCUT2D eigenvalue weighted by atomic mass is 10.1. The topological polar surface area (TPSA) is 57.4 Å². The van der Waals surface area contributed by atoms with Gasteiger partial charge in [-0.25, -0.2) is 14.4 Å². The van der Waals surface area contributed by atoms with Crippen molar-refractivity contribution in [1.29, 1.82) is 0 Å². The number of rotatable bonds is 3. The number of hydrogen-bond acceptors (Lipinski definition) is 2. The monoisotopic (exact) mass is 592 g/mol. The molecule has 0 unspecified atom stereocenters. The first-order valence-electron chi connectivity index (χ1n) is 8.96. The molecule has 0 aliphatic heterocycles. The lowest BCUT2D eigenvalue weighted by Crippen LogP contribution is -1.88. The number of imidazole rings is 2. The molecule has 5 aromatic rings. The lowest BCUT2D eigenvalue weighted by molar-refractivity contribution is 0.630. The first kappa shape index (κ1) is 19.7. The molecular formula is C22H12BrClFIN4. The number of H-pyrrole nitrogens is 2. The standard InChI is InChI=1S/C22H12BrClFIN4/c23-20-18(28-22(30-20)17-13(24)3-1-4-14(17)25)11-7-9-12(10-8-11)21-27-16-6-2-5-15(26)19(16)29-21/h1-10H,(H,27,29)(H,28,30). The van der Waals surface area contributed by atoms with Crippen LogP contribution in [0.3, 0.4) is 0 Å². The van der Waals surface area contributed by atoms with Gasteiger partial charge in [-0.3, -0.25) is 0 Å². The second-order valence-electron chi connectivity index (χ2n) is 6.64. The molecule has 4 nitrogen and oxygen atoms in total. The van der Waals surface area contributed by atoms with Gasteiger partial charge < -0.3 is 9.97 Å². The Balaban J connectivity index is 1.51. The number of nitrogens with one attached hydrogen (secondary N) is 2. The van der Waals surface area contributed by atoms with E-state index in [1.165, 1.54) is 6.07 Å². The van der Waals surface area contributed by atoms with Crippen LogP contribution in [0.15, 0.2) is 65.3 Å². The van der Waals surface area contributed by atoms with Gasteiger partial charge in [0.1, 0.15) is 27.8 Å². The van der Waals surface area contributed by atoms with Gasteiger partial charge in [0.2, 0.25) is 0 Å². The molecule has 148 valence electrons. The minimum absolute atomic E-state index is 0.250. The molecule has 0 bridgehead atoms. The molecule has 0 fully saturated rings. The number of fused-ring (bicyclic) bond motifs is 1. The van der Waals surface area contributed by atoms with Gasteiger partial charge in [-0.1, -0.05) is 48.0 Å². The molecule has 0 saturated carbocycles. The highest BCUT2D eigenvalue weighted by molar-refractivity contribution is 14.1. The largest absolute Gasteiger partial charge is 0.337 e. The summed E-state index contributed by atoms with van der Waals surface area (Å²) in [6.45, 7) is 0. The second kappa shape index (κ2) is 7.79. The number of halogens is 4. The summed E-state index contributed by atoms with van der Waals surface area (Å²) in [5.74, 6) is 0.752. The van der Waals surface area contributed by atoms with E-state index in [1.54, 1.807) is 12.1 Å². The summed E-state index contributed by atoms with van der Waals surface area (Å²) in [4.78, 5) is 15.7. The molecule has 2 heterocycles. The summed E-state index contributed by atoms with van der Waals surface area (Å²) in [6.07, 6.45) is 0. The Bertz CT molecular complexity index is 1370. The third-order valence-corrected chi connectivity index (χ3v) is 6.55. The van der Waals surface area contributed by atoms with Crippen LogP contribution in [0.4, 0.5) is 4.39 Å². The van der Waals surface area contributed by atoms with E-state index < -0.39 is 5.82 Å². The van der Waals surface area contributed by atoms with Gasteiger partial charge in [-0.15, -0.1) is 0 Å². The quantitative estimate of drug-likeness (QED) is 0.214. The Labute approximate surface area is 198 Å². The van der Waals surface area contributed by atoms with Gasteiger partial charge in [-0.05, 0) is 62.8 Å². The Kier molecular flexibility index (Phi) is 5.12. The van der Waals surface area contributed by atoms with Gasteiger partial charge >= 0.3 is 0 Å². The van der Waals surface area contributed by atoms with E-state index in [2.05, 4.69) is 58.5 Å². The van der Waals surface area contributed by atoms with E-state index in [1.807, 2.05) is 42.5 Å². The minimum Gasteiger partial charge on any atom is -0.337 e. The van der Waals surface area contributed by atoms with Crippen molar-refractivity contribution in [2.75, 3.05) is 0 Å². The Morgan fingerprint density at radius 2 is 1.60 bits per heavy atom. The molecule has 0 atom stereocenters. The molecule has 0 aliphatic rings. The molecule has 0 amide bonds. The minimum atomic E-state index is -0.426. The van der Waals surface area contributed by atoms with Crippen molar-refractivity contribution in [3.05, 3.63) is 79.7 Å². The average molecular weight is 594 g/mol. The Hall–Kier alpha value is -2.23. The zero-order valence-electron chi connectivity index (χ0n) is 15.2. The maximum atomic E-state index is 14.3. The summed E-state index contributed by atoms with van der Waals surface area (Å²) < 4.78 is 16.0. The number of para-hydroxylation sites is 1. The van der Waals surface area contributed by atoms with Gasteiger partial charge in [0, 0.05) is 14.7 Å². The second-order valence-corrected chi connectivity index (χ2v) is 9.00. The highest BCUT2D eigenvalue weighted by Gasteiger charge is 2.17. The van der Waals surface area contributed by atoms with Crippen molar-refractivity contribution >= 4 is 61.2 Å². The van der Waals surface area contributed by atoms with Crippen molar-refractivity contribution in [2.24, 2.45) is 0 Å². The van der Waals surface area contributed by atoms with Crippen molar-refractivity contribution in [2.45, 2.75) is 0 Å². The number of aromatic amines is 2. The maximum absolute atomic E-state index is 14.3. The fourth-order valence-corrected chi connectivity index (χ4v) is 4.68. The molecule has 5 rings (SSSR count). The van der Waals surface area contributed by atoms with Crippen molar-refractivity contribution in [1.82, 2.24) is 19.9 Å². The molecule has 2 N–H and O–H groups in total. The first-order valence-corrected chi connectivity index (χ1v) is 11.2. The van der Waals surface area contributed by atoms with E-state index in [0.29, 0.717) is 21.1 Å². The summed E-state index contributed by atoms with van der Waals surface area (Å²) in [5, 5.41) is 0.303. The maximum Gasteiger partial charge on any atom is 0.143 e. The lowest BCUT2D eigenvalue weighted by Gasteiger charge is -2.02. The molecule has 0 radical (unpaired) electrons. The normalized spacial score (nSPS) is 11.3. The molecule has 30 heavy (non-hydrogen) atoms. The molecule has 8 heteroatoms. The summed E-state index contributed by atoms with van der Waals surface area (Å²) in [5.41, 5.74) is 4.73. The van der Waals surface area contributed by atoms with Gasteiger partial charge in [0.15, 0.2) is 0 Å². The smallest absolute Gasteiger partial charge is 0.143 e. The predicted molar refractivity (Wildman–Crippen MR) is 130 cm³/mol. The van der Waals surface area contributed by atoms with Crippen molar-refractivity contribution in [3.8, 4) is 34.0 Å². The summed E-state index contributed by atoms with van der Waals surface area (Å²) in [6, 6.07) is 18.5. The van der Waals surface area contributed by atoms with Crippen LogP contribution in [0.1, 0.15) is 0 Å². The van der Waals surface area contributed by atoms with Gasteiger partial charge in [0.25, 0.3) is 0 Å². The number of hydrogen-bond donors (Lipinski definition) is 2. The number of benzene rings is 3. The Morgan fingerprint density at radius 1 is 0.867 bits per heavy atom. The van der Waals surface area contributed by atoms with Crippen LogP contribution in [0.25, 0.3) is 45.1 Å². The van der Waals surface area contributed by atoms with E-state index in [4.69, 9.17) is 11.6 Å². The fourth-order valence-electron chi connectivity index (χ4n) is 3.30. The first-order chi connectivity index (χ1) is 14.5. The SMILES string of the molecule is Fc1cccc(Cl)c1-c1nc(-c2ccc(-c3nc4cccc(I)c4[nH]3)cc2)c(Br)[nH]1. The number of nitrogens with zero attached hydrogens (tertiary/aromatic N) is 2. The highest BCUT2D eigenvalue weighted by atomic mass is 127. The van der Waals surface area contributed by atoms with Gasteiger partial charge in [0.05, 0.1) is 21.6 Å². The Morgan fingerprint density at radius 3 is 2.33 bits per heavy atom. The van der Waals surface area contributed by atoms with Crippen LogP contribution in [0.5, 0.6) is 0 Å². The summed E-state index contributed by atoms with van der Waals surface area (Å²) in [7, 11) is 0. The van der Waals surface area contributed by atoms with E-state index >= 15 is 0 Å². The summed E-state index contributed by atoms with van der Waals surface area (Å²) >= 11 is 12.0. The fraction of sp³-hybridized carbons (Fsp3) is 0. The average Bonchev–Trinajstić information content (AvgIpc) is 3.33. The van der Waals surface area contributed by atoms with Crippen LogP contribution in [0, 0.1) is 9.39 Å². The molecule has 2 aromatic heterocycles. The van der Waals surface area contributed by atoms with Crippen LogP contribution < -0.4 is 0 Å².